The Morgan fingerprint density at radius 1 is 0.552 bits per heavy atom. The normalized spacial score (nSPS) is 12.9. The van der Waals surface area contributed by atoms with Crippen molar-refractivity contribution in [1.29, 1.82) is 0 Å². The van der Waals surface area contributed by atoms with E-state index in [2.05, 4.69) is 106 Å². The standard InChI is InChI=1S/C25H20BrCl2P/c26-29(23-10-4-1-5-11-23,24-12-6-2-7-13-24,25-14-8-3-9-15-25)19-20-16-21(27)18-22(28)17-20/h1-18H,19H2. The summed E-state index contributed by atoms with van der Waals surface area (Å²) >= 11 is 17.2. The molecule has 0 aromatic heterocycles. The zero-order valence-electron chi connectivity index (χ0n) is 15.7. The van der Waals surface area contributed by atoms with Gasteiger partial charge in [-0.3, -0.25) is 0 Å². The van der Waals surface area contributed by atoms with Crippen LogP contribution in [-0.4, -0.2) is 0 Å². The number of halogens is 3. The molecule has 0 nitrogen and oxygen atoms in total. The average molecular weight is 502 g/mol. The van der Waals surface area contributed by atoms with E-state index in [0.717, 1.165) is 11.7 Å². The summed E-state index contributed by atoms with van der Waals surface area (Å²) in [5, 5.41) is 2.08. The summed E-state index contributed by atoms with van der Waals surface area (Å²) in [5.41, 5.74) is 1.11. The van der Waals surface area contributed by atoms with Gasteiger partial charge in [-0.25, -0.2) is 0 Å². The molecule has 146 valence electrons. The second kappa shape index (κ2) is 8.25. The van der Waals surface area contributed by atoms with E-state index in [-0.39, 0.29) is 0 Å². The number of hydrogen-bond acceptors (Lipinski definition) is 0. The van der Waals surface area contributed by atoms with Crippen molar-refractivity contribution in [2.75, 3.05) is 0 Å². The van der Waals surface area contributed by atoms with Gasteiger partial charge in [-0.05, 0) is 0 Å². The molecule has 0 unspecified atom stereocenters. The van der Waals surface area contributed by atoms with Crippen LogP contribution in [0.4, 0.5) is 0 Å². The SMILES string of the molecule is Clc1cc(Cl)cc(CP(Br)(c2ccccc2)(c2ccccc2)c2ccccc2)c1. The summed E-state index contributed by atoms with van der Waals surface area (Å²) in [4.78, 5) is 0. The van der Waals surface area contributed by atoms with Crippen LogP contribution < -0.4 is 15.9 Å². The van der Waals surface area contributed by atoms with Crippen molar-refractivity contribution < 1.29 is 0 Å². The average Bonchev–Trinajstić information content (AvgIpc) is 2.75. The van der Waals surface area contributed by atoms with E-state index in [9.17, 15) is 0 Å². The minimum absolute atomic E-state index is 0.652. The van der Waals surface area contributed by atoms with Gasteiger partial charge >= 0.3 is 191 Å². The molecule has 0 N–H and O–H groups in total. The summed E-state index contributed by atoms with van der Waals surface area (Å²) in [6, 6.07) is 38.0. The molecule has 0 radical (unpaired) electrons. The van der Waals surface area contributed by atoms with Gasteiger partial charge in [0.2, 0.25) is 0 Å². The Labute approximate surface area is 190 Å². The van der Waals surface area contributed by atoms with Crippen molar-refractivity contribution in [3.05, 3.63) is 125 Å². The Kier molecular flexibility index (Phi) is 5.87. The molecule has 0 atom stereocenters. The summed E-state index contributed by atoms with van der Waals surface area (Å²) in [6.07, 6.45) is 0.768. The summed E-state index contributed by atoms with van der Waals surface area (Å²) in [7, 11) is 0. The first-order valence-electron chi connectivity index (χ1n) is 9.35. The quantitative estimate of drug-likeness (QED) is 0.251. The third-order valence-corrected chi connectivity index (χ3v) is 15.2. The Morgan fingerprint density at radius 3 is 1.24 bits per heavy atom. The molecule has 0 spiro atoms. The molecule has 4 rings (SSSR count). The van der Waals surface area contributed by atoms with Crippen LogP contribution in [-0.2, 0) is 6.16 Å². The van der Waals surface area contributed by atoms with Gasteiger partial charge in [0.15, 0.2) is 0 Å². The van der Waals surface area contributed by atoms with Crippen LogP contribution in [0.2, 0.25) is 10.0 Å². The van der Waals surface area contributed by atoms with E-state index >= 15 is 0 Å². The fourth-order valence-electron chi connectivity index (χ4n) is 3.98. The summed E-state index contributed by atoms with van der Waals surface area (Å²) in [6.45, 7) is 0. The molecule has 0 saturated heterocycles. The van der Waals surface area contributed by atoms with Gasteiger partial charge in [0.1, 0.15) is 0 Å². The molecule has 0 fully saturated rings. The fraction of sp³-hybridized carbons (Fsp3) is 0.0400. The molecule has 0 saturated carbocycles. The van der Waals surface area contributed by atoms with Gasteiger partial charge in [0, 0.05) is 0 Å². The van der Waals surface area contributed by atoms with Crippen LogP contribution in [0.15, 0.2) is 109 Å². The van der Waals surface area contributed by atoms with Crippen molar-refractivity contribution in [1.82, 2.24) is 0 Å². The molecule has 0 bridgehead atoms. The third-order valence-electron chi connectivity index (χ3n) is 5.29. The molecule has 0 aliphatic rings. The summed E-state index contributed by atoms with van der Waals surface area (Å²) in [5.74, 6) is 0. The van der Waals surface area contributed by atoms with Gasteiger partial charge in [-0.2, -0.15) is 0 Å². The van der Waals surface area contributed by atoms with Crippen molar-refractivity contribution >= 4 is 59.9 Å². The monoisotopic (exact) mass is 500 g/mol. The first kappa shape index (κ1) is 20.6. The van der Waals surface area contributed by atoms with Crippen LogP contribution in [0.5, 0.6) is 0 Å². The molecule has 0 amide bonds. The zero-order chi connectivity index (χ0) is 20.3. The Hall–Kier alpha value is -1.63. The van der Waals surface area contributed by atoms with Crippen LogP contribution in [0, 0.1) is 0 Å². The van der Waals surface area contributed by atoms with E-state index in [1.165, 1.54) is 15.9 Å². The van der Waals surface area contributed by atoms with Gasteiger partial charge in [-0.15, -0.1) is 0 Å². The molecule has 0 aliphatic carbocycles. The van der Waals surface area contributed by atoms with Gasteiger partial charge in [-0.1, -0.05) is 0 Å². The zero-order valence-corrected chi connectivity index (χ0v) is 19.7. The van der Waals surface area contributed by atoms with Crippen molar-refractivity contribution in [3.63, 3.8) is 0 Å². The molecular formula is C25H20BrCl2P. The van der Waals surface area contributed by atoms with Crippen LogP contribution in [0.3, 0.4) is 0 Å². The van der Waals surface area contributed by atoms with Gasteiger partial charge < -0.3 is 0 Å². The van der Waals surface area contributed by atoms with Gasteiger partial charge in [0.25, 0.3) is 0 Å². The second-order valence-electron chi connectivity index (χ2n) is 7.13. The van der Waals surface area contributed by atoms with Crippen molar-refractivity contribution in [2.24, 2.45) is 0 Å². The Morgan fingerprint density at radius 2 is 0.897 bits per heavy atom. The molecule has 0 aliphatic heterocycles. The van der Waals surface area contributed by atoms with Crippen LogP contribution in [0.25, 0.3) is 0 Å². The van der Waals surface area contributed by atoms with E-state index in [1.807, 2.05) is 12.1 Å². The van der Waals surface area contributed by atoms with E-state index in [1.54, 1.807) is 6.07 Å². The maximum absolute atomic E-state index is 6.38. The van der Waals surface area contributed by atoms with Crippen molar-refractivity contribution in [2.45, 2.75) is 6.16 Å². The van der Waals surface area contributed by atoms with Gasteiger partial charge in [0.05, 0.1) is 0 Å². The Balaban J connectivity index is 2.09. The van der Waals surface area contributed by atoms with E-state index in [0.29, 0.717) is 10.0 Å². The molecule has 29 heavy (non-hydrogen) atoms. The number of benzene rings is 4. The molecule has 4 aromatic carbocycles. The predicted molar refractivity (Wildman–Crippen MR) is 134 cm³/mol. The molecule has 4 heteroatoms. The number of rotatable bonds is 5. The van der Waals surface area contributed by atoms with Crippen molar-refractivity contribution in [3.8, 4) is 0 Å². The molecule has 4 aromatic rings. The predicted octanol–water partition coefficient (Wildman–Crippen LogP) is 7.33. The van der Waals surface area contributed by atoms with Crippen LogP contribution >= 0.6 is 44.0 Å². The Bertz CT molecular complexity index is 996. The maximum atomic E-state index is 6.38. The fourth-order valence-corrected chi connectivity index (χ4v) is 12.2. The molecular weight excluding hydrogens is 482 g/mol. The van der Waals surface area contributed by atoms with Crippen LogP contribution in [0.1, 0.15) is 5.56 Å². The van der Waals surface area contributed by atoms with E-state index < -0.39 is 5.31 Å². The second-order valence-corrected chi connectivity index (χ2v) is 16.9. The molecule has 0 heterocycles. The third kappa shape index (κ3) is 3.78. The van der Waals surface area contributed by atoms with E-state index in [4.69, 9.17) is 23.2 Å². The first-order chi connectivity index (χ1) is 14.0. The number of hydrogen-bond donors (Lipinski definition) is 0. The topological polar surface area (TPSA) is 0 Å². The first-order valence-corrected chi connectivity index (χ1v) is 14.5. The minimum atomic E-state index is -3.03. The summed E-state index contributed by atoms with van der Waals surface area (Å²) < 4.78 is 0.